The maximum Gasteiger partial charge on any atom is 0.330 e. The molecular weight excluding hydrogens is 470 g/mol. The SMILES string of the molecule is CC(C)(C)OC(=O)C=CC1CCC(c2ccc(C(=O)Nc3nnc(Cc4ccccc4)s3)cc2)CC1. The third kappa shape index (κ3) is 7.59. The molecule has 0 atom stereocenters. The Labute approximate surface area is 216 Å². The third-order valence-corrected chi connectivity index (χ3v) is 7.05. The lowest BCUT2D eigenvalue weighted by Crippen LogP contribution is -2.22. The zero-order chi connectivity index (χ0) is 25.5. The van der Waals surface area contributed by atoms with Crippen molar-refractivity contribution in [3.63, 3.8) is 0 Å². The number of aromatic nitrogens is 2. The summed E-state index contributed by atoms with van der Waals surface area (Å²) in [5.41, 5.74) is 2.55. The second kappa shape index (κ2) is 11.6. The first-order valence-electron chi connectivity index (χ1n) is 12.4. The van der Waals surface area contributed by atoms with E-state index in [9.17, 15) is 9.59 Å². The normalized spacial score (nSPS) is 18.2. The Morgan fingerprint density at radius 1 is 1.00 bits per heavy atom. The number of benzene rings is 2. The quantitative estimate of drug-likeness (QED) is 0.292. The van der Waals surface area contributed by atoms with Gasteiger partial charge in [0.15, 0.2) is 0 Å². The molecule has 3 aromatic rings. The van der Waals surface area contributed by atoms with Crippen molar-refractivity contribution in [2.45, 2.75) is 64.4 Å². The highest BCUT2D eigenvalue weighted by atomic mass is 32.1. The molecule has 0 spiro atoms. The highest BCUT2D eigenvalue weighted by Gasteiger charge is 2.22. The molecule has 1 fully saturated rings. The topological polar surface area (TPSA) is 81.2 Å². The Hall–Kier alpha value is -3.32. The number of anilines is 1. The van der Waals surface area contributed by atoms with Crippen LogP contribution in [-0.2, 0) is 16.0 Å². The predicted molar refractivity (Wildman–Crippen MR) is 143 cm³/mol. The molecule has 188 valence electrons. The van der Waals surface area contributed by atoms with Crippen LogP contribution in [0.4, 0.5) is 5.13 Å². The lowest BCUT2D eigenvalue weighted by molar-refractivity contribution is -0.148. The van der Waals surface area contributed by atoms with E-state index in [2.05, 4.69) is 39.8 Å². The summed E-state index contributed by atoms with van der Waals surface area (Å²) >= 11 is 1.40. The highest BCUT2D eigenvalue weighted by Crippen LogP contribution is 2.36. The van der Waals surface area contributed by atoms with E-state index in [-0.39, 0.29) is 11.9 Å². The number of hydrogen-bond donors (Lipinski definition) is 1. The molecule has 1 aromatic heterocycles. The Bertz CT molecular complexity index is 1190. The van der Waals surface area contributed by atoms with Gasteiger partial charge in [-0.3, -0.25) is 10.1 Å². The van der Waals surface area contributed by atoms with E-state index >= 15 is 0 Å². The minimum Gasteiger partial charge on any atom is -0.457 e. The molecule has 0 unspecified atom stereocenters. The molecule has 0 saturated heterocycles. The van der Waals surface area contributed by atoms with Crippen LogP contribution in [0.3, 0.4) is 0 Å². The molecule has 0 radical (unpaired) electrons. The highest BCUT2D eigenvalue weighted by molar-refractivity contribution is 7.15. The molecule has 1 aliphatic carbocycles. The van der Waals surface area contributed by atoms with Gasteiger partial charge in [0.2, 0.25) is 5.13 Å². The van der Waals surface area contributed by atoms with Gasteiger partial charge in [0.1, 0.15) is 10.6 Å². The van der Waals surface area contributed by atoms with Gasteiger partial charge in [0.05, 0.1) is 0 Å². The van der Waals surface area contributed by atoms with Gasteiger partial charge < -0.3 is 4.74 Å². The monoisotopic (exact) mass is 503 g/mol. The number of rotatable bonds is 7. The lowest BCUT2D eigenvalue weighted by atomic mass is 9.78. The fourth-order valence-electron chi connectivity index (χ4n) is 4.42. The van der Waals surface area contributed by atoms with Crippen molar-refractivity contribution in [2.24, 2.45) is 5.92 Å². The summed E-state index contributed by atoms with van der Waals surface area (Å²) in [7, 11) is 0. The van der Waals surface area contributed by atoms with Gasteiger partial charge in [-0.05, 0) is 81.5 Å². The number of carbonyl (C=O) groups is 2. The molecule has 4 rings (SSSR count). The van der Waals surface area contributed by atoms with Crippen molar-refractivity contribution in [3.8, 4) is 0 Å². The van der Waals surface area contributed by atoms with E-state index in [1.807, 2.05) is 57.2 Å². The number of amides is 1. The van der Waals surface area contributed by atoms with E-state index in [1.54, 1.807) is 6.08 Å². The molecule has 1 amide bonds. The van der Waals surface area contributed by atoms with Crippen molar-refractivity contribution >= 4 is 28.3 Å². The van der Waals surface area contributed by atoms with E-state index in [1.165, 1.54) is 16.9 Å². The van der Waals surface area contributed by atoms with Gasteiger partial charge in [-0.25, -0.2) is 4.79 Å². The number of allylic oxidation sites excluding steroid dienone is 1. The Kier molecular flexibility index (Phi) is 8.31. The average Bonchev–Trinajstić information content (AvgIpc) is 3.29. The van der Waals surface area contributed by atoms with Gasteiger partial charge in [-0.15, -0.1) is 10.2 Å². The Morgan fingerprint density at radius 3 is 2.36 bits per heavy atom. The molecule has 6 nitrogen and oxygen atoms in total. The zero-order valence-electron chi connectivity index (χ0n) is 21.1. The van der Waals surface area contributed by atoms with Crippen molar-refractivity contribution in [1.29, 1.82) is 0 Å². The van der Waals surface area contributed by atoms with Crippen LogP contribution in [0.25, 0.3) is 0 Å². The van der Waals surface area contributed by atoms with Crippen LogP contribution in [0.1, 0.15) is 78.9 Å². The minimum absolute atomic E-state index is 0.181. The number of nitrogens with one attached hydrogen (secondary N) is 1. The van der Waals surface area contributed by atoms with E-state index in [0.29, 0.717) is 29.0 Å². The summed E-state index contributed by atoms with van der Waals surface area (Å²) < 4.78 is 5.35. The Balaban J connectivity index is 1.26. The molecule has 2 aromatic carbocycles. The smallest absolute Gasteiger partial charge is 0.330 e. The van der Waals surface area contributed by atoms with Crippen LogP contribution in [0.15, 0.2) is 66.7 Å². The fourth-order valence-corrected chi connectivity index (χ4v) is 5.19. The maximum absolute atomic E-state index is 12.7. The molecular formula is C29H33N3O3S. The van der Waals surface area contributed by atoms with E-state index in [4.69, 9.17) is 4.74 Å². The predicted octanol–water partition coefficient (Wildman–Crippen LogP) is 6.55. The van der Waals surface area contributed by atoms with Gasteiger partial charge in [-0.2, -0.15) is 0 Å². The zero-order valence-corrected chi connectivity index (χ0v) is 21.9. The largest absolute Gasteiger partial charge is 0.457 e. The van der Waals surface area contributed by atoms with Gasteiger partial charge in [-0.1, -0.05) is 59.9 Å². The standard InChI is InChI=1S/C29H33N3O3S/c1-29(2,3)35-26(33)18-11-20-9-12-22(13-10-20)23-14-16-24(17-15-23)27(34)30-28-32-31-25(36-28)19-21-7-5-4-6-8-21/h4-8,11,14-18,20,22H,9-10,12-13,19H2,1-3H3,(H,30,32,34). The van der Waals surface area contributed by atoms with Crippen molar-refractivity contribution in [2.75, 3.05) is 5.32 Å². The molecule has 1 aliphatic rings. The van der Waals surface area contributed by atoms with Crippen molar-refractivity contribution in [1.82, 2.24) is 10.2 Å². The summed E-state index contributed by atoms with van der Waals surface area (Å²) in [6.07, 6.45) is 8.46. The van der Waals surface area contributed by atoms with Crippen LogP contribution in [0.2, 0.25) is 0 Å². The first-order valence-corrected chi connectivity index (χ1v) is 13.3. The third-order valence-electron chi connectivity index (χ3n) is 6.21. The maximum atomic E-state index is 12.7. The molecule has 0 aliphatic heterocycles. The molecule has 0 bridgehead atoms. The number of esters is 1. The van der Waals surface area contributed by atoms with Crippen LogP contribution in [0.5, 0.6) is 0 Å². The van der Waals surface area contributed by atoms with Crippen LogP contribution in [-0.4, -0.2) is 27.7 Å². The van der Waals surface area contributed by atoms with Crippen molar-refractivity contribution < 1.29 is 14.3 Å². The first-order chi connectivity index (χ1) is 17.2. The van der Waals surface area contributed by atoms with Gasteiger partial charge >= 0.3 is 5.97 Å². The van der Waals surface area contributed by atoms with Gasteiger partial charge in [0, 0.05) is 18.1 Å². The molecule has 1 N–H and O–H groups in total. The lowest BCUT2D eigenvalue weighted by Gasteiger charge is -2.27. The number of hydrogen-bond acceptors (Lipinski definition) is 6. The number of carbonyl (C=O) groups excluding carboxylic acids is 2. The summed E-state index contributed by atoms with van der Waals surface area (Å²) in [5.74, 6) is 0.411. The average molecular weight is 504 g/mol. The van der Waals surface area contributed by atoms with Crippen LogP contribution in [0, 0.1) is 5.92 Å². The summed E-state index contributed by atoms with van der Waals surface area (Å²) in [6.45, 7) is 5.62. The first kappa shape index (κ1) is 25.8. The number of nitrogens with zero attached hydrogens (tertiary/aromatic N) is 2. The van der Waals surface area contributed by atoms with Gasteiger partial charge in [0.25, 0.3) is 5.91 Å². The summed E-state index contributed by atoms with van der Waals surface area (Å²) in [5, 5.41) is 12.6. The van der Waals surface area contributed by atoms with Crippen LogP contribution < -0.4 is 5.32 Å². The second-order valence-electron chi connectivity index (χ2n) is 10.2. The molecule has 1 heterocycles. The molecule has 1 saturated carbocycles. The minimum atomic E-state index is -0.468. The second-order valence-corrected chi connectivity index (χ2v) is 11.3. The summed E-state index contributed by atoms with van der Waals surface area (Å²) in [6, 6.07) is 17.9. The van der Waals surface area contributed by atoms with E-state index in [0.717, 1.165) is 36.3 Å². The summed E-state index contributed by atoms with van der Waals surface area (Å²) in [4.78, 5) is 24.6. The fraction of sp³-hybridized carbons (Fsp3) is 0.379. The molecule has 36 heavy (non-hydrogen) atoms. The van der Waals surface area contributed by atoms with E-state index < -0.39 is 5.60 Å². The van der Waals surface area contributed by atoms with Crippen molar-refractivity contribution in [3.05, 3.63) is 88.4 Å². The van der Waals surface area contributed by atoms with Crippen LogP contribution >= 0.6 is 11.3 Å². The molecule has 7 heteroatoms. The Morgan fingerprint density at radius 2 is 1.69 bits per heavy atom. The number of ether oxygens (including phenoxy) is 1.